The third kappa shape index (κ3) is 54.9. The Morgan fingerprint density at radius 1 is 0.282 bits per heavy atom. The van der Waals surface area contributed by atoms with Crippen LogP contribution in [-0.4, -0.2) is 73.7 Å². The van der Waals surface area contributed by atoms with Gasteiger partial charge in [0, 0.05) is 12.8 Å². The molecular formula is C65H130N2O4. The Hall–Kier alpha value is -1.14. The minimum absolute atomic E-state index is 0.00654. The van der Waals surface area contributed by atoms with Crippen LogP contribution in [0.15, 0.2) is 0 Å². The first-order valence-corrected chi connectivity index (χ1v) is 32.8. The van der Waals surface area contributed by atoms with Crippen molar-refractivity contribution in [1.29, 1.82) is 0 Å². The van der Waals surface area contributed by atoms with Gasteiger partial charge in [-0.25, -0.2) is 0 Å². The van der Waals surface area contributed by atoms with Crippen LogP contribution in [0.5, 0.6) is 0 Å². The highest BCUT2D eigenvalue weighted by molar-refractivity contribution is 5.69. The smallest absolute Gasteiger partial charge is 0.306 e. The molecule has 6 heteroatoms. The van der Waals surface area contributed by atoms with Crippen LogP contribution in [0.1, 0.15) is 356 Å². The van der Waals surface area contributed by atoms with Crippen molar-refractivity contribution >= 4 is 11.9 Å². The number of esters is 2. The van der Waals surface area contributed by atoms with E-state index < -0.39 is 0 Å². The first kappa shape index (κ1) is 69.9. The third-order valence-electron chi connectivity index (χ3n) is 15.4. The maximum absolute atomic E-state index is 13.0. The predicted molar refractivity (Wildman–Crippen MR) is 313 cm³/mol. The number of rotatable bonds is 61. The standard InChI is InChI=1S/C65H130N2O4/c1-6-11-16-21-26-35-45-56-66(57-46-36-27-22-17-12-7-2)60-49-40-50-61-67(58-47-37-29-33-43-54-64(68)70-62-51-39-28-23-18-13-8-3)59-48-38-30-34-44-55-65(69)71-63(52-41-31-24-19-14-9-4)53-42-32-25-20-15-10-5/h63H,6-62H2,1-5H3. The molecule has 0 rings (SSSR count). The summed E-state index contributed by atoms with van der Waals surface area (Å²) in [5, 5.41) is 0. The Balaban J connectivity index is 4.88. The molecule has 0 radical (unpaired) electrons. The van der Waals surface area contributed by atoms with Gasteiger partial charge in [0.1, 0.15) is 6.10 Å². The molecule has 0 aliphatic carbocycles. The summed E-state index contributed by atoms with van der Waals surface area (Å²) in [6.45, 7) is 19.6. The average Bonchev–Trinajstić information content (AvgIpc) is 3.37. The van der Waals surface area contributed by atoms with E-state index in [1.807, 2.05) is 0 Å². The Kier molecular flexibility index (Phi) is 58.8. The van der Waals surface area contributed by atoms with E-state index in [0.29, 0.717) is 19.4 Å². The van der Waals surface area contributed by atoms with Crippen molar-refractivity contribution in [3.8, 4) is 0 Å². The monoisotopic (exact) mass is 1000 g/mol. The van der Waals surface area contributed by atoms with Gasteiger partial charge in [-0.1, -0.05) is 259 Å². The van der Waals surface area contributed by atoms with E-state index in [-0.39, 0.29) is 18.0 Å². The lowest BCUT2D eigenvalue weighted by Gasteiger charge is -2.24. The first-order valence-electron chi connectivity index (χ1n) is 32.8. The van der Waals surface area contributed by atoms with E-state index in [4.69, 9.17) is 9.47 Å². The Bertz CT molecular complexity index is 1000. The second-order valence-corrected chi connectivity index (χ2v) is 22.6. The minimum Gasteiger partial charge on any atom is -0.466 e. The number of carbonyl (C=O) groups is 2. The van der Waals surface area contributed by atoms with Gasteiger partial charge >= 0.3 is 11.9 Å². The van der Waals surface area contributed by atoms with Gasteiger partial charge in [0.2, 0.25) is 0 Å². The van der Waals surface area contributed by atoms with Crippen LogP contribution in [0.25, 0.3) is 0 Å². The zero-order valence-electron chi connectivity index (χ0n) is 49.4. The molecular weight excluding hydrogens is 873 g/mol. The number of carbonyl (C=O) groups excluding carboxylic acids is 2. The van der Waals surface area contributed by atoms with Crippen molar-refractivity contribution in [3.63, 3.8) is 0 Å². The molecule has 0 N–H and O–H groups in total. The molecule has 0 spiro atoms. The molecule has 0 aliphatic heterocycles. The van der Waals surface area contributed by atoms with Crippen LogP contribution in [0.2, 0.25) is 0 Å². The predicted octanol–water partition coefficient (Wildman–Crippen LogP) is 20.6. The van der Waals surface area contributed by atoms with E-state index in [0.717, 1.165) is 44.9 Å². The average molecular weight is 1000 g/mol. The summed E-state index contributed by atoms with van der Waals surface area (Å²) >= 11 is 0. The molecule has 0 aliphatic rings. The highest BCUT2D eigenvalue weighted by atomic mass is 16.5. The van der Waals surface area contributed by atoms with Crippen LogP contribution < -0.4 is 0 Å². The van der Waals surface area contributed by atoms with Gasteiger partial charge in [-0.05, 0) is 123 Å². The number of ether oxygens (including phenoxy) is 2. The Morgan fingerprint density at radius 2 is 0.521 bits per heavy atom. The van der Waals surface area contributed by atoms with Crippen molar-refractivity contribution in [3.05, 3.63) is 0 Å². The Labute approximate surface area is 446 Å². The quantitative estimate of drug-likeness (QED) is 0.0447. The second-order valence-electron chi connectivity index (χ2n) is 22.6. The Morgan fingerprint density at radius 3 is 0.845 bits per heavy atom. The fourth-order valence-electron chi connectivity index (χ4n) is 10.5. The van der Waals surface area contributed by atoms with Crippen molar-refractivity contribution in [2.75, 3.05) is 45.9 Å². The maximum atomic E-state index is 13.0. The zero-order chi connectivity index (χ0) is 51.6. The molecule has 0 fully saturated rings. The molecule has 0 amide bonds. The van der Waals surface area contributed by atoms with Crippen molar-refractivity contribution in [2.24, 2.45) is 0 Å². The van der Waals surface area contributed by atoms with Crippen molar-refractivity contribution < 1.29 is 19.1 Å². The third-order valence-corrected chi connectivity index (χ3v) is 15.4. The van der Waals surface area contributed by atoms with E-state index >= 15 is 0 Å². The molecule has 71 heavy (non-hydrogen) atoms. The molecule has 0 aromatic heterocycles. The van der Waals surface area contributed by atoms with Crippen molar-refractivity contribution in [1.82, 2.24) is 9.80 Å². The molecule has 424 valence electrons. The molecule has 0 saturated carbocycles. The normalized spacial score (nSPS) is 11.8. The summed E-state index contributed by atoms with van der Waals surface area (Å²) in [7, 11) is 0. The van der Waals surface area contributed by atoms with Gasteiger partial charge in [-0.15, -0.1) is 0 Å². The molecule has 0 heterocycles. The van der Waals surface area contributed by atoms with Gasteiger partial charge in [0.05, 0.1) is 6.61 Å². The summed E-state index contributed by atoms with van der Waals surface area (Å²) in [5.41, 5.74) is 0. The molecule has 0 aromatic carbocycles. The van der Waals surface area contributed by atoms with E-state index in [1.165, 1.54) is 303 Å². The SMILES string of the molecule is CCCCCCCCCOC(=O)CCCCCCCN(CCCCCCCC(=O)OC(CCCCCCCC)CCCCCCCC)CCCCCN(CCCCCCCCC)CCCCCCCCC. The molecule has 6 nitrogen and oxygen atoms in total. The largest absolute Gasteiger partial charge is 0.466 e. The van der Waals surface area contributed by atoms with Crippen LogP contribution in [0.4, 0.5) is 0 Å². The minimum atomic E-state index is 0.00654. The summed E-state index contributed by atoms with van der Waals surface area (Å²) in [4.78, 5) is 30.9. The van der Waals surface area contributed by atoms with Gasteiger partial charge in [-0.3, -0.25) is 9.59 Å². The maximum Gasteiger partial charge on any atom is 0.306 e. The summed E-state index contributed by atoms with van der Waals surface area (Å²) in [6.07, 6.45) is 62.9. The topological polar surface area (TPSA) is 59.1 Å². The molecule has 0 bridgehead atoms. The summed E-state index contributed by atoms with van der Waals surface area (Å²) in [5.74, 6) is 0.0580. The van der Waals surface area contributed by atoms with Crippen LogP contribution in [-0.2, 0) is 19.1 Å². The van der Waals surface area contributed by atoms with Gasteiger partial charge in [-0.2, -0.15) is 0 Å². The second kappa shape index (κ2) is 59.7. The van der Waals surface area contributed by atoms with Gasteiger partial charge < -0.3 is 19.3 Å². The lowest BCUT2D eigenvalue weighted by molar-refractivity contribution is -0.150. The highest BCUT2D eigenvalue weighted by Gasteiger charge is 2.15. The van der Waals surface area contributed by atoms with Gasteiger partial charge in [0.15, 0.2) is 0 Å². The van der Waals surface area contributed by atoms with Crippen LogP contribution >= 0.6 is 0 Å². The van der Waals surface area contributed by atoms with Gasteiger partial charge in [0.25, 0.3) is 0 Å². The fraction of sp³-hybridized carbons (Fsp3) is 0.969. The van der Waals surface area contributed by atoms with E-state index in [1.54, 1.807) is 0 Å². The van der Waals surface area contributed by atoms with E-state index in [9.17, 15) is 9.59 Å². The molecule has 0 aromatic rings. The van der Waals surface area contributed by atoms with Crippen LogP contribution in [0.3, 0.4) is 0 Å². The summed E-state index contributed by atoms with van der Waals surface area (Å²) in [6, 6.07) is 0. The van der Waals surface area contributed by atoms with E-state index in [2.05, 4.69) is 44.4 Å². The number of hydrogen-bond acceptors (Lipinski definition) is 6. The zero-order valence-corrected chi connectivity index (χ0v) is 49.4. The lowest BCUT2D eigenvalue weighted by atomic mass is 10.0. The molecule has 0 saturated heterocycles. The lowest BCUT2D eigenvalue weighted by Crippen LogP contribution is -2.29. The number of unbranched alkanes of at least 4 members (excludes halogenated alkanes) is 38. The van der Waals surface area contributed by atoms with Crippen LogP contribution in [0, 0.1) is 0 Å². The fourth-order valence-corrected chi connectivity index (χ4v) is 10.5. The molecule has 0 atom stereocenters. The molecule has 0 unspecified atom stereocenters. The highest BCUT2D eigenvalue weighted by Crippen LogP contribution is 2.19. The number of nitrogens with zero attached hydrogens (tertiary/aromatic N) is 2. The summed E-state index contributed by atoms with van der Waals surface area (Å²) < 4.78 is 11.7. The van der Waals surface area contributed by atoms with Crippen molar-refractivity contribution in [2.45, 2.75) is 362 Å². The number of hydrogen-bond donors (Lipinski definition) is 0. The first-order chi connectivity index (χ1) is 35.0.